The van der Waals surface area contributed by atoms with Gasteiger partial charge in [0.05, 0.1) is 0 Å². The first-order valence-electron chi connectivity index (χ1n) is 8.50. The summed E-state index contributed by atoms with van der Waals surface area (Å²) in [5.74, 6) is 0.752. The fourth-order valence-corrected chi connectivity index (χ4v) is 3.90. The molecular weight excluding hydrogens is 254 g/mol. The van der Waals surface area contributed by atoms with Crippen LogP contribution in [-0.4, -0.2) is 6.04 Å². The fraction of sp³-hybridized carbons (Fsp3) is 0.700. The Morgan fingerprint density at radius 2 is 1.76 bits per heavy atom. The minimum Gasteiger partial charge on any atom is -0.306 e. The molecule has 2 rings (SSSR count). The van der Waals surface area contributed by atoms with Crippen LogP contribution in [-0.2, 0) is 0 Å². The van der Waals surface area contributed by atoms with Crippen molar-refractivity contribution >= 4 is 0 Å². The zero-order valence-electron chi connectivity index (χ0n) is 14.7. The quantitative estimate of drug-likeness (QED) is 0.765. The van der Waals surface area contributed by atoms with Crippen molar-refractivity contribution in [1.82, 2.24) is 5.32 Å². The average molecular weight is 287 g/mol. The van der Waals surface area contributed by atoms with Gasteiger partial charge in [0.1, 0.15) is 0 Å². The highest BCUT2D eigenvalue weighted by Gasteiger charge is 2.35. The Bertz CT molecular complexity index is 441. The van der Waals surface area contributed by atoms with Crippen molar-refractivity contribution in [2.75, 3.05) is 0 Å². The van der Waals surface area contributed by atoms with Gasteiger partial charge in [0.2, 0.25) is 0 Å². The third-order valence-electron chi connectivity index (χ3n) is 5.07. The lowest BCUT2D eigenvalue weighted by Crippen LogP contribution is -2.46. The van der Waals surface area contributed by atoms with Crippen LogP contribution in [0.3, 0.4) is 0 Å². The standard InChI is InChI=1S/C20H33N/c1-15-14-20(5,6)13-12-17(15)21-18(19(2,3)4)16-10-8-7-9-11-16/h7-11,15,17-18,21H,12-14H2,1-6H3. The minimum atomic E-state index is 0.230. The minimum absolute atomic E-state index is 0.230. The second kappa shape index (κ2) is 6.12. The van der Waals surface area contributed by atoms with Crippen molar-refractivity contribution in [2.45, 2.75) is 72.9 Å². The molecule has 0 aliphatic heterocycles. The van der Waals surface area contributed by atoms with Crippen molar-refractivity contribution in [3.63, 3.8) is 0 Å². The molecule has 1 fully saturated rings. The van der Waals surface area contributed by atoms with E-state index >= 15 is 0 Å². The van der Waals surface area contributed by atoms with E-state index in [-0.39, 0.29) is 5.41 Å². The van der Waals surface area contributed by atoms with Crippen molar-refractivity contribution < 1.29 is 0 Å². The largest absolute Gasteiger partial charge is 0.306 e. The third-order valence-corrected chi connectivity index (χ3v) is 5.07. The van der Waals surface area contributed by atoms with Crippen LogP contribution < -0.4 is 5.32 Å². The van der Waals surface area contributed by atoms with E-state index in [1.807, 2.05) is 0 Å². The number of benzene rings is 1. The molecule has 3 unspecified atom stereocenters. The van der Waals surface area contributed by atoms with Gasteiger partial charge in [0.25, 0.3) is 0 Å². The Hall–Kier alpha value is -0.820. The Kier molecular flexibility index (Phi) is 4.82. The van der Waals surface area contributed by atoms with Crippen molar-refractivity contribution in [2.24, 2.45) is 16.7 Å². The lowest BCUT2D eigenvalue weighted by molar-refractivity contribution is 0.122. The average Bonchev–Trinajstić information content (AvgIpc) is 2.36. The molecule has 1 nitrogen and oxygen atoms in total. The zero-order valence-corrected chi connectivity index (χ0v) is 14.7. The summed E-state index contributed by atoms with van der Waals surface area (Å²) in [6.07, 6.45) is 3.96. The van der Waals surface area contributed by atoms with Crippen LogP contribution in [0.2, 0.25) is 0 Å². The van der Waals surface area contributed by atoms with Crippen LogP contribution in [0.4, 0.5) is 0 Å². The molecule has 3 atom stereocenters. The molecule has 1 N–H and O–H groups in total. The Morgan fingerprint density at radius 3 is 2.29 bits per heavy atom. The van der Waals surface area contributed by atoms with Gasteiger partial charge in [-0.05, 0) is 41.6 Å². The van der Waals surface area contributed by atoms with Crippen LogP contribution in [0.1, 0.15) is 72.4 Å². The van der Waals surface area contributed by atoms with Crippen molar-refractivity contribution in [3.8, 4) is 0 Å². The summed E-state index contributed by atoms with van der Waals surface area (Å²) in [5, 5.41) is 4.00. The normalized spacial score (nSPS) is 27.3. The molecule has 1 aromatic carbocycles. The molecule has 0 heterocycles. The summed E-state index contributed by atoms with van der Waals surface area (Å²) in [6.45, 7) is 14.3. The maximum Gasteiger partial charge on any atom is 0.0371 e. The molecule has 1 aromatic rings. The molecule has 0 bridgehead atoms. The monoisotopic (exact) mass is 287 g/mol. The molecular formula is C20H33N. The Balaban J connectivity index is 2.14. The molecule has 0 spiro atoms. The molecule has 0 aromatic heterocycles. The van der Waals surface area contributed by atoms with E-state index in [0.717, 1.165) is 5.92 Å². The Labute approximate surface area is 131 Å². The highest BCUT2D eigenvalue weighted by molar-refractivity contribution is 5.21. The van der Waals surface area contributed by atoms with Crippen molar-refractivity contribution in [3.05, 3.63) is 35.9 Å². The van der Waals surface area contributed by atoms with E-state index < -0.39 is 0 Å². The van der Waals surface area contributed by atoms with Crippen LogP contribution in [0.15, 0.2) is 30.3 Å². The lowest BCUT2D eigenvalue weighted by atomic mass is 9.70. The lowest BCUT2D eigenvalue weighted by Gasteiger charge is -2.43. The second-order valence-corrected chi connectivity index (χ2v) is 8.87. The number of hydrogen-bond donors (Lipinski definition) is 1. The first kappa shape index (κ1) is 16.5. The third kappa shape index (κ3) is 4.32. The second-order valence-electron chi connectivity index (χ2n) is 8.87. The summed E-state index contributed by atoms with van der Waals surface area (Å²) < 4.78 is 0. The van der Waals surface area contributed by atoms with Gasteiger partial charge in [0, 0.05) is 12.1 Å². The summed E-state index contributed by atoms with van der Waals surface area (Å²) in [6, 6.07) is 12.0. The molecule has 1 aliphatic rings. The van der Waals surface area contributed by atoms with Gasteiger partial charge in [-0.25, -0.2) is 0 Å². The molecule has 1 saturated carbocycles. The summed E-state index contributed by atoms with van der Waals surface area (Å²) in [4.78, 5) is 0. The maximum atomic E-state index is 4.00. The van der Waals surface area contributed by atoms with Gasteiger partial charge in [-0.15, -0.1) is 0 Å². The van der Waals surface area contributed by atoms with Gasteiger partial charge in [-0.2, -0.15) is 0 Å². The number of hydrogen-bond acceptors (Lipinski definition) is 1. The highest BCUT2D eigenvalue weighted by atomic mass is 15.0. The molecule has 118 valence electrons. The molecule has 0 radical (unpaired) electrons. The van der Waals surface area contributed by atoms with E-state index in [1.54, 1.807) is 0 Å². The number of rotatable bonds is 3. The first-order chi connectivity index (χ1) is 9.69. The molecule has 0 amide bonds. The highest BCUT2D eigenvalue weighted by Crippen LogP contribution is 2.41. The van der Waals surface area contributed by atoms with E-state index in [0.29, 0.717) is 17.5 Å². The Morgan fingerprint density at radius 1 is 1.14 bits per heavy atom. The fourth-order valence-electron chi connectivity index (χ4n) is 3.90. The van der Waals surface area contributed by atoms with Gasteiger partial charge >= 0.3 is 0 Å². The molecule has 1 aliphatic carbocycles. The van der Waals surface area contributed by atoms with E-state index in [9.17, 15) is 0 Å². The predicted octanol–water partition coefficient (Wildman–Crippen LogP) is 5.58. The van der Waals surface area contributed by atoms with Crippen LogP contribution in [0.25, 0.3) is 0 Å². The maximum absolute atomic E-state index is 4.00. The number of nitrogens with one attached hydrogen (secondary N) is 1. The van der Waals surface area contributed by atoms with Crippen LogP contribution in [0, 0.1) is 16.7 Å². The summed E-state index contributed by atoms with van der Waals surface area (Å²) in [5.41, 5.74) is 2.16. The topological polar surface area (TPSA) is 12.0 Å². The smallest absolute Gasteiger partial charge is 0.0371 e. The molecule has 1 heteroatoms. The molecule has 21 heavy (non-hydrogen) atoms. The van der Waals surface area contributed by atoms with Gasteiger partial charge in [-0.3, -0.25) is 0 Å². The van der Waals surface area contributed by atoms with Gasteiger partial charge in [0.15, 0.2) is 0 Å². The summed E-state index contributed by atoms with van der Waals surface area (Å²) in [7, 11) is 0. The first-order valence-corrected chi connectivity index (χ1v) is 8.50. The van der Waals surface area contributed by atoms with E-state index in [1.165, 1.54) is 24.8 Å². The van der Waals surface area contributed by atoms with Crippen LogP contribution in [0.5, 0.6) is 0 Å². The van der Waals surface area contributed by atoms with Gasteiger partial charge in [-0.1, -0.05) is 71.9 Å². The zero-order chi connectivity index (χ0) is 15.7. The van der Waals surface area contributed by atoms with Crippen molar-refractivity contribution in [1.29, 1.82) is 0 Å². The van der Waals surface area contributed by atoms with Crippen LogP contribution >= 0.6 is 0 Å². The van der Waals surface area contributed by atoms with Gasteiger partial charge < -0.3 is 5.32 Å². The summed E-state index contributed by atoms with van der Waals surface area (Å²) >= 11 is 0. The van der Waals surface area contributed by atoms with E-state index in [4.69, 9.17) is 0 Å². The molecule has 0 saturated heterocycles. The SMILES string of the molecule is CC1CC(C)(C)CCC1NC(c1ccccc1)C(C)(C)C. The van der Waals surface area contributed by atoms with E-state index in [2.05, 4.69) is 77.2 Å². The predicted molar refractivity (Wildman–Crippen MR) is 92.4 cm³/mol.